The van der Waals surface area contributed by atoms with Crippen molar-refractivity contribution in [2.24, 2.45) is 5.92 Å². The standard InChI is InChI=1S/C27H34ClN3O3/c1-17(2)14-27(7,31-25(32)34-26(4,5)6)16-33-24-15-30-23(12-18(24)3)20-10-11-29-22-9-8-19(28)13-21(20)22/h8-13,15,17H,14,16H2,1-7H3,(H,31,32). The molecular formula is C27H34ClN3O3. The van der Waals surface area contributed by atoms with E-state index >= 15 is 0 Å². The highest BCUT2D eigenvalue weighted by Crippen LogP contribution is 2.31. The van der Waals surface area contributed by atoms with Crippen LogP contribution in [0.4, 0.5) is 4.79 Å². The van der Waals surface area contributed by atoms with Gasteiger partial charge in [-0.05, 0) is 82.9 Å². The molecule has 0 saturated heterocycles. The summed E-state index contributed by atoms with van der Waals surface area (Å²) >= 11 is 6.22. The first kappa shape index (κ1) is 25.8. The molecule has 0 fully saturated rings. The van der Waals surface area contributed by atoms with E-state index < -0.39 is 17.2 Å². The number of carbonyl (C=O) groups excluding carboxylic acids is 1. The molecule has 7 heteroatoms. The zero-order valence-electron chi connectivity index (χ0n) is 21.0. The average Bonchev–Trinajstić information content (AvgIpc) is 2.70. The number of nitrogens with one attached hydrogen (secondary N) is 1. The highest BCUT2D eigenvalue weighted by atomic mass is 35.5. The predicted octanol–water partition coefficient (Wildman–Crippen LogP) is 6.97. The first-order chi connectivity index (χ1) is 15.8. The van der Waals surface area contributed by atoms with E-state index in [0.29, 0.717) is 23.3 Å². The number of alkyl carbamates (subject to hydrolysis) is 1. The van der Waals surface area contributed by atoms with Crippen molar-refractivity contribution in [1.29, 1.82) is 0 Å². The molecule has 3 aromatic rings. The molecule has 1 aromatic carbocycles. The van der Waals surface area contributed by atoms with E-state index in [1.54, 1.807) is 12.4 Å². The molecule has 0 aliphatic heterocycles. The smallest absolute Gasteiger partial charge is 0.408 e. The maximum absolute atomic E-state index is 12.5. The van der Waals surface area contributed by atoms with Crippen molar-refractivity contribution < 1.29 is 14.3 Å². The van der Waals surface area contributed by atoms with Crippen molar-refractivity contribution in [2.45, 2.75) is 66.0 Å². The number of fused-ring (bicyclic) bond motifs is 1. The van der Waals surface area contributed by atoms with E-state index in [9.17, 15) is 4.79 Å². The Balaban J connectivity index is 1.80. The number of hydrogen-bond donors (Lipinski definition) is 1. The summed E-state index contributed by atoms with van der Waals surface area (Å²) in [5, 5.41) is 4.61. The van der Waals surface area contributed by atoms with Crippen LogP contribution in [-0.2, 0) is 4.74 Å². The molecule has 34 heavy (non-hydrogen) atoms. The Morgan fingerprint density at radius 3 is 2.50 bits per heavy atom. The Morgan fingerprint density at radius 2 is 1.85 bits per heavy atom. The molecule has 1 unspecified atom stereocenters. The maximum Gasteiger partial charge on any atom is 0.408 e. The van der Waals surface area contributed by atoms with Crippen molar-refractivity contribution in [3.63, 3.8) is 0 Å². The second kappa shape index (κ2) is 10.2. The quantitative estimate of drug-likeness (QED) is 0.393. The van der Waals surface area contributed by atoms with Gasteiger partial charge in [-0.3, -0.25) is 9.97 Å². The van der Waals surface area contributed by atoms with Crippen LogP contribution in [0.3, 0.4) is 0 Å². The van der Waals surface area contributed by atoms with Crippen LogP contribution in [-0.4, -0.2) is 33.8 Å². The number of halogens is 1. The molecule has 2 aromatic heterocycles. The van der Waals surface area contributed by atoms with Gasteiger partial charge in [0, 0.05) is 22.2 Å². The van der Waals surface area contributed by atoms with Crippen LogP contribution in [0.5, 0.6) is 5.75 Å². The lowest BCUT2D eigenvalue weighted by Gasteiger charge is -2.33. The summed E-state index contributed by atoms with van der Waals surface area (Å²) in [5.74, 6) is 1.03. The highest BCUT2D eigenvalue weighted by molar-refractivity contribution is 6.31. The molecule has 1 N–H and O–H groups in total. The van der Waals surface area contributed by atoms with Gasteiger partial charge in [-0.25, -0.2) is 4.79 Å². The van der Waals surface area contributed by atoms with E-state index in [1.807, 2.05) is 65.0 Å². The van der Waals surface area contributed by atoms with Crippen LogP contribution < -0.4 is 10.1 Å². The van der Waals surface area contributed by atoms with Gasteiger partial charge in [-0.1, -0.05) is 25.4 Å². The molecule has 0 saturated carbocycles. The van der Waals surface area contributed by atoms with Crippen LogP contribution >= 0.6 is 11.6 Å². The van der Waals surface area contributed by atoms with E-state index in [-0.39, 0.29) is 0 Å². The highest BCUT2D eigenvalue weighted by Gasteiger charge is 2.31. The zero-order valence-corrected chi connectivity index (χ0v) is 21.8. The number of rotatable bonds is 7. The van der Waals surface area contributed by atoms with Crippen molar-refractivity contribution in [3.8, 4) is 17.0 Å². The molecular weight excluding hydrogens is 450 g/mol. The summed E-state index contributed by atoms with van der Waals surface area (Å²) in [6.45, 7) is 14.0. The lowest BCUT2D eigenvalue weighted by atomic mass is 9.91. The first-order valence-electron chi connectivity index (χ1n) is 11.5. The summed E-state index contributed by atoms with van der Waals surface area (Å²) < 4.78 is 11.6. The Kier molecular flexibility index (Phi) is 7.71. The molecule has 0 spiro atoms. The fraction of sp³-hybridized carbons (Fsp3) is 0.444. The van der Waals surface area contributed by atoms with E-state index in [2.05, 4.69) is 29.1 Å². The largest absolute Gasteiger partial charge is 0.489 e. The molecule has 1 amide bonds. The molecule has 3 rings (SSSR count). The third-order valence-electron chi connectivity index (χ3n) is 5.25. The number of hydrogen-bond acceptors (Lipinski definition) is 5. The minimum Gasteiger partial charge on any atom is -0.489 e. The zero-order chi connectivity index (χ0) is 25.1. The number of carbonyl (C=O) groups is 1. The fourth-order valence-corrected chi connectivity index (χ4v) is 4.19. The average molecular weight is 484 g/mol. The van der Waals surface area contributed by atoms with Gasteiger partial charge in [-0.2, -0.15) is 0 Å². The van der Waals surface area contributed by atoms with Gasteiger partial charge in [0.1, 0.15) is 18.0 Å². The Hall–Kier alpha value is -2.86. The number of ether oxygens (including phenoxy) is 2. The van der Waals surface area contributed by atoms with E-state index in [1.165, 1.54) is 0 Å². The van der Waals surface area contributed by atoms with Crippen LogP contribution in [0.15, 0.2) is 42.7 Å². The molecule has 0 aliphatic rings. The molecule has 0 radical (unpaired) electrons. The third-order valence-corrected chi connectivity index (χ3v) is 5.49. The third kappa shape index (κ3) is 6.83. The maximum atomic E-state index is 12.5. The van der Waals surface area contributed by atoms with Gasteiger partial charge >= 0.3 is 6.09 Å². The lowest BCUT2D eigenvalue weighted by Crippen LogP contribution is -2.52. The van der Waals surface area contributed by atoms with Crippen LogP contribution in [0, 0.1) is 12.8 Å². The van der Waals surface area contributed by atoms with Gasteiger partial charge in [0.2, 0.25) is 0 Å². The Morgan fingerprint density at radius 1 is 1.12 bits per heavy atom. The molecule has 1 atom stereocenters. The monoisotopic (exact) mass is 483 g/mol. The normalized spacial score (nSPS) is 13.6. The molecule has 2 heterocycles. The Bertz CT molecular complexity index is 1170. The fourth-order valence-electron chi connectivity index (χ4n) is 4.02. The summed E-state index contributed by atoms with van der Waals surface area (Å²) in [6, 6.07) is 9.56. The number of aromatic nitrogens is 2. The first-order valence-corrected chi connectivity index (χ1v) is 11.9. The van der Waals surface area contributed by atoms with Crippen LogP contribution in [0.2, 0.25) is 5.02 Å². The molecule has 6 nitrogen and oxygen atoms in total. The summed E-state index contributed by atoms with van der Waals surface area (Å²) in [6.07, 6.45) is 3.78. The second-order valence-electron chi connectivity index (χ2n) is 10.4. The summed E-state index contributed by atoms with van der Waals surface area (Å²) in [5.41, 5.74) is 2.41. The van der Waals surface area contributed by atoms with Crippen molar-refractivity contribution in [1.82, 2.24) is 15.3 Å². The van der Waals surface area contributed by atoms with E-state index in [0.717, 1.165) is 34.1 Å². The van der Waals surface area contributed by atoms with Crippen molar-refractivity contribution in [3.05, 3.63) is 53.3 Å². The van der Waals surface area contributed by atoms with Crippen molar-refractivity contribution in [2.75, 3.05) is 6.61 Å². The van der Waals surface area contributed by atoms with Gasteiger partial charge in [0.15, 0.2) is 0 Å². The van der Waals surface area contributed by atoms with Crippen LogP contribution in [0.25, 0.3) is 22.2 Å². The Labute approximate surface area is 207 Å². The van der Waals surface area contributed by atoms with Gasteiger partial charge in [0.25, 0.3) is 0 Å². The number of benzene rings is 1. The number of aryl methyl sites for hydroxylation is 1. The van der Waals surface area contributed by atoms with E-state index in [4.69, 9.17) is 21.1 Å². The van der Waals surface area contributed by atoms with Crippen LogP contribution in [0.1, 0.15) is 53.5 Å². The predicted molar refractivity (Wildman–Crippen MR) is 137 cm³/mol. The van der Waals surface area contributed by atoms with Gasteiger partial charge in [-0.15, -0.1) is 0 Å². The number of pyridine rings is 2. The van der Waals surface area contributed by atoms with Gasteiger partial charge in [0.05, 0.1) is 22.9 Å². The molecule has 182 valence electrons. The van der Waals surface area contributed by atoms with Crippen molar-refractivity contribution >= 4 is 28.6 Å². The topological polar surface area (TPSA) is 73.3 Å². The summed E-state index contributed by atoms with van der Waals surface area (Å²) in [4.78, 5) is 21.5. The molecule has 0 aliphatic carbocycles. The van der Waals surface area contributed by atoms with Gasteiger partial charge < -0.3 is 14.8 Å². The SMILES string of the molecule is Cc1cc(-c2ccnc3ccc(Cl)cc23)ncc1OCC(C)(CC(C)C)NC(=O)OC(C)(C)C. The minimum atomic E-state index is -0.598. The summed E-state index contributed by atoms with van der Waals surface area (Å²) in [7, 11) is 0. The molecule has 0 bridgehead atoms. The lowest BCUT2D eigenvalue weighted by molar-refractivity contribution is 0.0407. The number of amides is 1. The second-order valence-corrected chi connectivity index (χ2v) is 10.9. The number of nitrogens with zero attached hydrogens (tertiary/aromatic N) is 2. The minimum absolute atomic E-state index is 0.292.